The maximum atomic E-state index is 12.5. The standard InChI is InChI=1S/C13H20N4O2/c1-3-10-9-12(17(4-2)14-10)13(18)16-7-5-11(15-19)6-8-16/h9,19H,3-8H2,1-2H3. The van der Waals surface area contributed by atoms with Crippen molar-refractivity contribution in [3.05, 3.63) is 17.5 Å². The summed E-state index contributed by atoms with van der Waals surface area (Å²) in [6, 6.07) is 1.88. The van der Waals surface area contributed by atoms with E-state index in [0.717, 1.165) is 17.8 Å². The highest BCUT2D eigenvalue weighted by atomic mass is 16.4. The number of aromatic nitrogens is 2. The van der Waals surface area contributed by atoms with Gasteiger partial charge in [0.15, 0.2) is 0 Å². The molecule has 1 aromatic heterocycles. The molecule has 2 rings (SSSR count). The van der Waals surface area contributed by atoms with Crippen LogP contribution < -0.4 is 0 Å². The van der Waals surface area contributed by atoms with Gasteiger partial charge in [0.25, 0.3) is 5.91 Å². The highest BCUT2D eigenvalue weighted by molar-refractivity contribution is 5.94. The summed E-state index contributed by atoms with van der Waals surface area (Å²) < 4.78 is 1.76. The Hall–Kier alpha value is -1.85. The van der Waals surface area contributed by atoms with Crippen molar-refractivity contribution in [2.24, 2.45) is 5.16 Å². The highest BCUT2D eigenvalue weighted by Gasteiger charge is 2.24. The molecule has 0 aromatic carbocycles. The van der Waals surface area contributed by atoms with Gasteiger partial charge >= 0.3 is 0 Å². The molecule has 19 heavy (non-hydrogen) atoms. The van der Waals surface area contributed by atoms with E-state index in [1.165, 1.54) is 0 Å². The molecule has 6 nitrogen and oxygen atoms in total. The number of likely N-dealkylation sites (tertiary alicyclic amines) is 1. The Morgan fingerprint density at radius 1 is 1.42 bits per heavy atom. The van der Waals surface area contributed by atoms with Crippen molar-refractivity contribution in [1.82, 2.24) is 14.7 Å². The zero-order valence-corrected chi connectivity index (χ0v) is 11.5. The Morgan fingerprint density at radius 2 is 2.11 bits per heavy atom. The SMILES string of the molecule is CCc1cc(C(=O)N2CCC(=NO)CC2)n(CC)n1. The van der Waals surface area contributed by atoms with Crippen molar-refractivity contribution in [1.29, 1.82) is 0 Å². The largest absolute Gasteiger partial charge is 0.411 e. The summed E-state index contributed by atoms with van der Waals surface area (Å²) in [5.74, 6) is 0.0195. The molecule has 1 aliphatic heterocycles. The second-order valence-corrected chi connectivity index (χ2v) is 4.65. The van der Waals surface area contributed by atoms with Crippen LogP contribution in [0.3, 0.4) is 0 Å². The van der Waals surface area contributed by atoms with Crippen LogP contribution in [0.25, 0.3) is 0 Å². The molecule has 0 radical (unpaired) electrons. The molecule has 1 aromatic rings. The fraction of sp³-hybridized carbons (Fsp3) is 0.615. The second-order valence-electron chi connectivity index (χ2n) is 4.65. The quantitative estimate of drug-likeness (QED) is 0.665. The van der Waals surface area contributed by atoms with Gasteiger partial charge in [-0.15, -0.1) is 0 Å². The van der Waals surface area contributed by atoms with E-state index in [2.05, 4.69) is 10.3 Å². The summed E-state index contributed by atoms with van der Waals surface area (Å²) >= 11 is 0. The van der Waals surface area contributed by atoms with Gasteiger partial charge in [-0.3, -0.25) is 9.48 Å². The Labute approximate surface area is 112 Å². The molecule has 0 atom stereocenters. The van der Waals surface area contributed by atoms with Crippen LogP contribution in [-0.4, -0.2) is 44.6 Å². The van der Waals surface area contributed by atoms with E-state index in [0.29, 0.717) is 38.2 Å². The Bertz CT molecular complexity index is 483. The van der Waals surface area contributed by atoms with E-state index >= 15 is 0 Å². The predicted octanol–water partition coefficient (Wildman–Crippen LogP) is 1.53. The van der Waals surface area contributed by atoms with E-state index < -0.39 is 0 Å². The molecular weight excluding hydrogens is 244 g/mol. The number of rotatable bonds is 3. The Balaban J connectivity index is 2.13. The number of carbonyl (C=O) groups excluding carboxylic acids is 1. The van der Waals surface area contributed by atoms with Gasteiger partial charge in [-0.05, 0) is 19.4 Å². The Kier molecular flexibility index (Phi) is 4.19. The summed E-state index contributed by atoms with van der Waals surface area (Å²) in [5, 5.41) is 16.3. The van der Waals surface area contributed by atoms with Crippen LogP contribution in [0.2, 0.25) is 0 Å². The van der Waals surface area contributed by atoms with Gasteiger partial charge in [0.2, 0.25) is 0 Å². The van der Waals surface area contributed by atoms with E-state index in [1.54, 1.807) is 9.58 Å². The molecule has 1 amide bonds. The molecule has 0 spiro atoms. The van der Waals surface area contributed by atoms with Crippen LogP contribution in [0.1, 0.15) is 42.9 Å². The number of oxime groups is 1. The lowest BCUT2D eigenvalue weighted by Crippen LogP contribution is -2.39. The average Bonchev–Trinajstić information content (AvgIpc) is 2.90. The fourth-order valence-electron chi connectivity index (χ4n) is 2.29. The van der Waals surface area contributed by atoms with Gasteiger partial charge in [0, 0.05) is 32.5 Å². The van der Waals surface area contributed by atoms with E-state index in [9.17, 15) is 4.79 Å². The van der Waals surface area contributed by atoms with Gasteiger partial charge in [0.1, 0.15) is 5.69 Å². The Morgan fingerprint density at radius 3 is 2.63 bits per heavy atom. The van der Waals surface area contributed by atoms with Crippen molar-refractivity contribution >= 4 is 11.6 Å². The normalized spacial score (nSPS) is 15.7. The number of piperidine rings is 1. The molecule has 6 heteroatoms. The molecule has 0 bridgehead atoms. The summed E-state index contributed by atoms with van der Waals surface area (Å²) in [4.78, 5) is 14.3. The average molecular weight is 264 g/mol. The van der Waals surface area contributed by atoms with E-state index in [1.807, 2.05) is 19.9 Å². The number of aryl methyl sites for hydroxylation is 2. The lowest BCUT2D eigenvalue weighted by Gasteiger charge is -2.27. The first kappa shape index (κ1) is 13.6. The minimum Gasteiger partial charge on any atom is -0.411 e. The molecule has 1 aliphatic rings. The van der Waals surface area contributed by atoms with Crippen molar-refractivity contribution in [2.75, 3.05) is 13.1 Å². The van der Waals surface area contributed by atoms with Crippen LogP contribution >= 0.6 is 0 Å². The first-order valence-corrected chi connectivity index (χ1v) is 6.75. The number of hydrogen-bond acceptors (Lipinski definition) is 4. The first-order valence-electron chi connectivity index (χ1n) is 6.75. The number of hydrogen-bond donors (Lipinski definition) is 1. The van der Waals surface area contributed by atoms with Crippen molar-refractivity contribution in [3.8, 4) is 0 Å². The van der Waals surface area contributed by atoms with Crippen LogP contribution in [0.5, 0.6) is 0 Å². The molecule has 2 heterocycles. The number of carbonyl (C=O) groups is 1. The van der Waals surface area contributed by atoms with Crippen molar-refractivity contribution < 1.29 is 10.0 Å². The minimum absolute atomic E-state index is 0.0195. The summed E-state index contributed by atoms with van der Waals surface area (Å²) in [6.07, 6.45) is 2.11. The zero-order valence-electron chi connectivity index (χ0n) is 11.5. The minimum atomic E-state index is 0.0195. The van der Waals surface area contributed by atoms with Gasteiger partial charge in [-0.2, -0.15) is 5.10 Å². The van der Waals surface area contributed by atoms with E-state index in [-0.39, 0.29) is 5.91 Å². The molecule has 0 unspecified atom stereocenters. The second kappa shape index (κ2) is 5.86. The molecule has 0 saturated carbocycles. The van der Waals surface area contributed by atoms with Crippen LogP contribution in [-0.2, 0) is 13.0 Å². The molecular formula is C13H20N4O2. The maximum Gasteiger partial charge on any atom is 0.272 e. The summed E-state index contributed by atoms with van der Waals surface area (Å²) in [7, 11) is 0. The third-order valence-electron chi connectivity index (χ3n) is 3.48. The first-order chi connectivity index (χ1) is 9.19. The lowest BCUT2D eigenvalue weighted by atomic mass is 10.1. The maximum absolute atomic E-state index is 12.5. The molecule has 1 saturated heterocycles. The van der Waals surface area contributed by atoms with Crippen LogP contribution in [0.4, 0.5) is 0 Å². The highest BCUT2D eigenvalue weighted by Crippen LogP contribution is 2.14. The van der Waals surface area contributed by atoms with Gasteiger partial charge in [-0.25, -0.2) is 0 Å². The number of nitrogens with zero attached hydrogens (tertiary/aromatic N) is 4. The monoisotopic (exact) mass is 264 g/mol. The van der Waals surface area contributed by atoms with Gasteiger partial charge < -0.3 is 10.1 Å². The van der Waals surface area contributed by atoms with E-state index in [4.69, 9.17) is 5.21 Å². The van der Waals surface area contributed by atoms with Crippen LogP contribution in [0.15, 0.2) is 11.2 Å². The smallest absolute Gasteiger partial charge is 0.272 e. The zero-order chi connectivity index (χ0) is 13.8. The molecule has 0 aliphatic carbocycles. The fourth-order valence-corrected chi connectivity index (χ4v) is 2.29. The predicted molar refractivity (Wildman–Crippen MR) is 71.6 cm³/mol. The molecule has 1 fully saturated rings. The third-order valence-corrected chi connectivity index (χ3v) is 3.48. The lowest BCUT2D eigenvalue weighted by molar-refractivity contribution is 0.0741. The van der Waals surface area contributed by atoms with Crippen molar-refractivity contribution in [3.63, 3.8) is 0 Å². The van der Waals surface area contributed by atoms with Crippen LogP contribution in [0, 0.1) is 0 Å². The molecule has 1 N–H and O–H groups in total. The van der Waals surface area contributed by atoms with Crippen molar-refractivity contribution in [2.45, 2.75) is 39.7 Å². The summed E-state index contributed by atoms with van der Waals surface area (Å²) in [5.41, 5.74) is 2.37. The molecule has 104 valence electrons. The topological polar surface area (TPSA) is 70.7 Å². The third kappa shape index (κ3) is 2.77. The number of amides is 1. The summed E-state index contributed by atoms with van der Waals surface area (Å²) in [6.45, 7) is 5.92. The van der Waals surface area contributed by atoms with Gasteiger partial charge in [0.05, 0.1) is 11.4 Å². The van der Waals surface area contributed by atoms with Gasteiger partial charge in [-0.1, -0.05) is 12.1 Å².